The van der Waals surface area contributed by atoms with Crippen molar-refractivity contribution in [2.75, 3.05) is 0 Å². The van der Waals surface area contributed by atoms with Crippen LogP contribution in [0.4, 0.5) is 0 Å². The molecule has 0 amide bonds. The molecule has 0 heterocycles. The maximum Gasteiger partial charge on any atom is 0.147 e. The number of nitriles is 1. The molecule has 14 heavy (non-hydrogen) atoms. The van der Waals surface area contributed by atoms with E-state index in [1.165, 1.54) is 27.7 Å². The summed E-state index contributed by atoms with van der Waals surface area (Å²) in [7, 11) is 0. The van der Waals surface area contributed by atoms with Gasteiger partial charge in [0.25, 0.3) is 0 Å². The molecule has 0 aliphatic heterocycles. The third kappa shape index (κ3) is 9.08. The van der Waals surface area contributed by atoms with Gasteiger partial charge in [-0.15, -0.1) is 0 Å². The molecular formula is C9H13NNiO3. The third-order valence-electron chi connectivity index (χ3n) is 1.22. The summed E-state index contributed by atoms with van der Waals surface area (Å²) in [5.74, 6) is -2.15. The van der Waals surface area contributed by atoms with E-state index in [4.69, 9.17) is 5.26 Å². The Labute approximate surface area is 93.6 Å². The first-order valence-electron chi connectivity index (χ1n) is 3.70. The zero-order valence-electron chi connectivity index (χ0n) is 8.57. The van der Waals surface area contributed by atoms with Crippen LogP contribution in [0.5, 0.6) is 0 Å². The molecule has 0 aromatic carbocycles. The standard InChI is InChI=1S/C7H10O3.C2H3N.Ni/c1-4(8)7(5(2)9)6(3)10;1-2-3;/h7H,1-3H3;1H3;. The fraction of sp³-hybridized carbons (Fsp3) is 0.556. The zero-order valence-corrected chi connectivity index (χ0v) is 9.55. The molecule has 0 atom stereocenters. The second kappa shape index (κ2) is 10.1. The van der Waals surface area contributed by atoms with Gasteiger partial charge >= 0.3 is 0 Å². The van der Waals surface area contributed by atoms with E-state index in [1.54, 1.807) is 6.07 Å². The molecule has 0 N–H and O–H groups in total. The first kappa shape index (κ1) is 18.7. The summed E-state index contributed by atoms with van der Waals surface area (Å²) >= 11 is 0. The Kier molecular flexibility index (Phi) is 13.5. The Hall–Kier alpha value is -1.01. The Morgan fingerprint density at radius 3 is 1.14 bits per heavy atom. The van der Waals surface area contributed by atoms with Crippen LogP contribution in [0, 0.1) is 17.2 Å². The topological polar surface area (TPSA) is 75.0 Å². The average molecular weight is 242 g/mol. The van der Waals surface area contributed by atoms with E-state index in [-0.39, 0.29) is 33.8 Å². The summed E-state index contributed by atoms with van der Waals surface area (Å²) in [4.78, 5) is 31.8. The van der Waals surface area contributed by atoms with E-state index in [9.17, 15) is 14.4 Å². The van der Waals surface area contributed by atoms with E-state index < -0.39 is 5.92 Å². The average Bonchev–Trinajstić information content (AvgIpc) is 1.84. The molecule has 5 heteroatoms. The molecule has 0 saturated carbocycles. The number of hydrogen-bond donors (Lipinski definition) is 0. The van der Waals surface area contributed by atoms with Crippen molar-refractivity contribution in [2.24, 2.45) is 5.92 Å². The molecule has 0 spiro atoms. The van der Waals surface area contributed by atoms with Crippen LogP contribution in [0.2, 0.25) is 0 Å². The first-order valence-corrected chi connectivity index (χ1v) is 3.70. The fourth-order valence-electron chi connectivity index (χ4n) is 0.859. The molecule has 0 rings (SSSR count). The van der Waals surface area contributed by atoms with Crippen molar-refractivity contribution in [3.8, 4) is 6.07 Å². The molecular weight excluding hydrogens is 229 g/mol. The Bertz CT molecular complexity index is 222. The van der Waals surface area contributed by atoms with Crippen LogP contribution in [0.15, 0.2) is 0 Å². The van der Waals surface area contributed by atoms with Crippen LogP contribution in [0.25, 0.3) is 0 Å². The summed E-state index contributed by atoms with van der Waals surface area (Å²) in [6.07, 6.45) is 0. The number of Topliss-reactive ketones (excluding diaryl/α,β-unsaturated/α-hetero) is 3. The maximum absolute atomic E-state index is 10.6. The van der Waals surface area contributed by atoms with Gasteiger partial charge in [-0.1, -0.05) is 0 Å². The summed E-state index contributed by atoms with van der Waals surface area (Å²) in [5.41, 5.74) is 0. The van der Waals surface area contributed by atoms with Crippen LogP contribution in [-0.4, -0.2) is 17.3 Å². The Morgan fingerprint density at radius 2 is 1.14 bits per heavy atom. The minimum Gasteiger partial charge on any atom is -0.299 e. The Morgan fingerprint density at radius 1 is 1.00 bits per heavy atom. The number of rotatable bonds is 3. The molecule has 0 saturated heterocycles. The van der Waals surface area contributed by atoms with Gasteiger partial charge in [0.15, 0.2) is 0 Å². The van der Waals surface area contributed by atoms with Gasteiger partial charge in [0.2, 0.25) is 0 Å². The van der Waals surface area contributed by atoms with Gasteiger partial charge in [-0.05, 0) is 20.8 Å². The van der Waals surface area contributed by atoms with Crippen molar-refractivity contribution in [3.63, 3.8) is 0 Å². The van der Waals surface area contributed by atoms with Crippen LogP contribution in [-0.2, 0) is 30.9 Å². The molecule has 0 aromatic heterocycles. The van der Waals surface area contributed by atoms with E-state index >= 15 is 0 Å². The second-order valence-corrected chi connectivity index (χ2v) is 2.49. The van der Waals surface area contributed by atoms with Gasteiger partial charge in [0, 0.05) is 23.4 Å². The van der Waals surface area contributed by atoms with Gasteiger partial charge in [-0.2, -0.15) is 5.26 Å². The molecule has 4 nitrogen and oxygen atoms in total. The number of carbonyl (C=O) groups is 3. The van der Waals surface area contributed by atoms with Gasteiger partial charge in [-0.25, -0.2) is 0 Å². The molecule has 0 aliphatic carbocycles. The Balaban J connectivity index is -0.000000267. The zero-order chi connectivity index (χ0) is 11.0. The van der Waals surface area contributed by atoms with Crippen LogP contribution >= 0.6 is 0 Å². The van der Waals surface area contributed by atoms with Gasteiger partial charge in [0.1, 0.15) is 23.3 Å². The third-order valence-corrected chi connectivity index (χ3v) is 1.22. The normalized spacial score (nSPS) is 7.43. The van der Waals surface area contributed by atoms with Gasteiger partial charge < -0.3 is 0 Å². The van der Waals surface area contributed by atoms with E-state index in [0.29, 0.717) is 0 Å². The van der Waals surface area contributed by atoms with Crippen LogP contribution in [0.3, 0.4) is 0 Å². The number of carbonyl (C=O) groups excluding carboxylic acids is 3. The molecule has 0 radical (unpaired) electrons. The van der Waals surface area contributed by atoms with E-state index in [1.807, 2.05) is 0 Å². The maximum atomic E-state index is 10.6. The molecule has 0 aromatic rings. The van der Waals surface area contributed by atoms with Crippen LogP contribution < -0.4 is 0 Å². The van der Waals surface area contributed by atoms with Gasteiger partial charge in [0.05, 0.1) is 6.07 Å². The largest absolute Gasteiger partial charge is 0.299 e. The van der Waals surface area contributed by atoms with Gasteiger partial charge in [-0.3, -0.25) is 14.4 Å². The quantitative estimate of drug-likeness (QED) is 0.544. The summed E-state index contributed by atoms with van der Waals surface area (Å²) in [6.45, 7) is 5.16. The van der Waals surface area contributed by atoms with Crippen molar-refractivity contribution in [1.29, 1.82) is 5.26 Å². The van der Waals surface area contributed by atoms with Crippen molar-refractivity contribution in [2.45, 2.75) is 27.7 Å². The van der Waals surface area contributed by atoms with Crippen molar-refractivity contribution in [3.05, 3.63) is 0 Å². The summed E-state index contributed by atoms with van der Waals surface area (Å²) < 4.78 is 0. The number of nitrogens with zero attached hydrogens (tertiary/aromatic N) is 1. The van der Waals surface area contributed by atoms with Crippen molar-refractivity contribution >= 4 is 17.3 Å². The predicted molar refractivity (Wildman–Crippen MR) is 46.8 cm³/mol. The van der Waals surface area contributed by atoms with E-state index in [2.05, 4.69) is 0 Å². The predicted octanol–water partition coefficient (Wildman–Crippen LogP) is 0.897. The molecule has 0 bridgehead atoms. The van der Waals surface area contributed by atoms with Crippen molar-refractivity contribution < 1.29 is 30.9 Å². The molecule has 82 valence electrons. The minimum atomic E-state index is -1.03. The number of ketones is 3. The monoisotopic (exact) mass is 241 g/mol. The fourth-order valence-corrected chi connectivity index (χ4v) is 0.859. The van der Waals surface area contributed by atoms with Crippen molar-refractivity contribution in [1.82, 2.24) is 0 Å². The molecule has 0 unspecified atom stereocenters. The number of hydrogen-bond acceptors (Lipinski definition) is 4. The first-order chi connectivity index (χ1) is 5.88. The van der Waals surface area contributed by atoms with Crippen LogP contribution in [0.1, 0.15) is 27.7 Å². The second-order valence-electron chi connectivity index (χ2n) is 2.49. The smallest absolute Gasteiger partial charge is 0.147 e. The molecule has 0 fully saturated rings. The summed E-state index contributed by atoms with van der Waals surface area (Å²) in [6, 6.07) is 1.75. The minimum absolute atomic E-state index is 0. The summed E-state index contributed by atoms with van der Waals surface area (Å²) in [5, 5.41) is 7.32. The molecule has 0 aliphatic rings. The van der Waals surface area contributed by atoms with E-state index in [0.717, 1.165) is 0 Å². The SMILES string of the molecule is CC#N.CC(=O)C(C(C)=O)C(C)=O.[Ni].